The number of piperazine rings is 1. The second-order valence-corrected chi connectivity index (χ2v) is 5.01. The van der Waals surface area contributed by atoms with Gasteiger partial charge in [-0.25, -0.2) is 9.97 Å². The predicted molar refractivity (Wildman–Crippen MR) is 80.0 cm³/mol. The van der Waals surface area contributed by atoms with Gasteiger partial charge in [0.15, 0.2) is 0 Å². The molecule has 4 heterocycles. The van der Waals surface area contributed by atoms with Crippen molar-refractivity contribution in [1.29, 1.82) is 0 Å². The van der Waals surface area contributed by atoms with Crippen LogP contribution in [-0.4, -0.2) is 61.3 Å². The summed E-state index contributed by atoms with van der Waals surface area (Å²) in [6.45, 7) is 3.43. The van der Waals surface area contributed by atoms with Gasteiger partial charge < -0.3 is 9.80 Å². The number of aromatic amines is 1. The fraction of sp³-hybridized carbons (Fsp3) is 0.308. The first-order chi connectivity index (χ1) is 10.9. The number of anilines is 2. The summed E-state index contributed by atoms with van der Waals surface area (Å²) in [6, 6.07) is 6.02. The summed E-state index contributed by atoms with van der Waals surface area (Å²) in [5.74, 6) is 2.49. The zero-order valence-corrected chi connectivity index (χ0v) is 11.9. The minimum atomic E-state index is 0.653. The molecule has 0 bridgehead atoms. The monoisotopic (exact) mass is 297 g/mol. The average molecular weight is 297 g/mol. The maximum atomic E-state index is 4.71. The van der Waals surface area contributed by atoms with Gasteiger partial charge in [-0.2, -0.15) is 5.21 Å². The number of rotatable bonds is 3. The van der Waals surface area contributed by atoms with Crippen LogP contribution in [0.25, 0.3) is 5.82 Å². The summed E-state index contributed by atoms with van der Waals surface area (Å²) in [7, 11) is 0. The van der Waals surface area contributed by atoms with Crippen LogP contribution in [0.15, 0.2) is 36.9 Å². The molecular formula is C13H15N9. The van der Waals surface area contributed by atoms with Crippen molar-refractivity contribution in [3.8, 4) is 5.82 Å². The summed E-state index contributed by atoms with van der Waals surface area (Å²) in [5, 5.41) is 14.1. The molecule has 0 spiro atoms. The molecule has 1 aliphatic heterocycles. The van der Waals surface area contributed by atoms with Crippen LogP contribution in [0.2, 0.25) is 0 Å². The van der Waals surface area contributed by atoms with Crippen LogP contribution in [0.5, 0.6) is 0 Å². The highest BCUT2D eigenvalue weighted by Crippen LogP contribution is 2.17. The number of hydrogen-bond donors (Lipinski definition) is 1. The molecule has 1 saturated heterocycles. The summed E-state index contributed by atoms with van der Waals surface area (Å²) >= 11 is 0. The van der Waals surface area contributed by atoms with Crippen LogP contribution < -0.4 is 9.80 Å². The molecule has 0 radical (unpaired) electrons. The second-order valence-electron chi connectivity index (χ2n) is 5.01. The Kier molecular flexibility index (Phi) is 3.15. The molecule has 4 rings (SSSR count). The maximum absolute atomic E-state index is 4.71. The van der Waals surface area contributed by atoms with Gasteiger partial charge in [0.25, 0.3) is 5.95 Å². The SMILES string of the molecule is c1cc(N2CCN(c3nn[nH]n3)CC2)nc(-n2ccnc2)c1. The molecular weight excluding hydrogens is 282 g/mol. The average Bonchev–Trinajstić information content (AvgIpc) is 3.29. The van der Waals surface area contributed by atoms with Crippen LogP contribution in [-0.2, 0) is 0 Å². The van der Waals surface area contributed by atoms with Gasteiger partial charge in [-0.05, 0) is 17.3 Å². The topological polar surface area (TPSA) is 91.7 Å². The van der Waals surface area contributed by atoms with E-state index in [0.29, 0.717) is 5.95 Å². The minimum Gasteiger partial charge on any atom is -0.353 e. The normalized spacial score (nSPS) is 15.3. The molecule has 0 unspecified atom stereocenters. The van der Waals surface area contributed by atoms with Crippen molar-refractivity contribution in [2.45, 2.75) is 0 Å². The number of nitrogens with zero attached hydrogens (tertiary/aromatic N) is 8. The van der Waals surface area contributed by atoms with Gasteiger partial charge in [-0.1, -0.05) is 11.2 Å². The Morgan fingerprint density at radius 3 is 2.55 bits per heavy atom. The molecule has 0 amide bonds. The number of tetrazole rings is 1. The fourth-order valence-corrected chi connectivity index (χ4v) is 2.55. The summed E-state index contributed by atoms with van der Waals surface area (Å²) in [6.07, 6.45) is 5.39. The highest BCUT2D eigenvalue weighted by Gasteiger charge is 2.20. The fourth-order valence-electron chi connectivity index (χ4n) is 2.55. The highest BCUT2D eigenvalue weighted by atomic mass is 15.5. The lowest BCUT2D eigenvalue weighted by atomic mass is 10.3. The van der Waals surface area contributed by atoms with Crippen LogP contribution in [0.4, 0.5) is 11.8 Å². The van der Waals surface area contributed by atoms with Crippen LogP contribution >= 0.6 is 0 Å². The Labute approximate surface area is 126 Å². The van der Waals surface area contributed by atoms with Crippen molar-refractivity contribution in [1.82, 2.24) is 35.2 Å². The molecule has 1 fully saturated rings. The third-order valence-corrected chi connectivity index (χ3v) is 3.71. The molecule has 22 heavy (non-hydrogen) atoms. The van der Waals surface area contributed by atoms with E-state index in [2.05, 4.69) is 35.4 Å². The molecule has 3 aromatic heterocycles. The van der Waals surface area contributed by atoms with E-state index in [1.807, 2.05) is 29.0 Å². The first-order valence-corrected chi connectivity index (χ1v) is 7.09. The van der Waals surface area contributed by atoms with Crippen molar-refractivity contribution in [3.05, 3.63) is 36.9 Å². The van der Waals surface area contributed by atoms with Crippen molar-refractivity contribution < 1.29 is 0 Å². The molecule has 1 aliphatic rings. The highest BCUT2D eigenvalue weighted by molar-refractivity contribution is 5.45. The number of pyridine rings is 1. The molecule has 1 N–H and O–H groups in total. The van der Waals surface area contributed by atoms with E-state index in [1.165, 1.54) is 0 Å². The van der Waals surface area contributed by atoms with Gasteiger partial charge in [-0.3, -0.25) is 4.57 Å². The molecule has 9 nitrogen and oxygen atoms in total. The molecule has 0 atom stereocenters. The van der Waals surface area contributed by atoms with Gasteiger partial charge in [-0.15, -0.1) is 5.10 Å². The Morgan fingerprint density at radius 1 is 1.00 bits per heavy atom. The lowest BCUT2D eigenvalue weighted by molar-refractivity contribution is 0.634. The Morgan fingerprint density at radius 2 is 1.82 bits per heavy atom. The van der Waals surface area contributed by atoms with Gasteiger partial charge in [0, 0.05) is 38.6 Å². The van der Waals surface area contributed by atoms with Crippen LogP contribution in [0.1, 0.15) is 0 Å². The Balaban J connectivity index is 1.48. The molecule has 0 saturated carbocycles. The van der Waals surface area contributed by atoms with E-state index in [1.54, 1.807) is 12.5 Å². The standard InChI is InChI=1S/C13H15N9/c1-2-11(15-12(3-1)22-5-4-14-10-22)20-6-8-21(9-7-20)13-16-18-19-17-13/h1-5,10H,6-9H2,(H,16,17,18,19). The van der Waals surface area contributed by atoms with Gasteiger partial charge in [0.1, 0.15) is 18.0 Å². The predicted octanol–water partition coefficient (Wildman–Crippen LogP) is 0.107. The van der Waals surface area contributed by atoms with Crippen LogP contribution in [0, 0.1) is 0 Å². The number of H-pyrrole nitrogens is 1. The van der Waals surface area contributed by atoms with Gasteiger partial charge in [0.05, 0.1) is 0 Å². The summed E-state index contributed by atoms with van der Waals surface area (Å²) < 4.78 is 1.90. The third-order valence-electron chi connectivity index (χ3n) is 3.71. The third kappa shape index (κ3) is 2.36. The lowest BCUT2D eigenvalue weighted by Gasteiger charge is -2.34. The summed E-state index contributed by atoms with van der Waals surface area (Å²) in [4.78, 5) is 13.1. The first kappa shape index (κ1) is 12.7. The Bertz CT molecular complexity index is 714. The van der Waals surface area contributed by atoms with Crippen molar-refractivity contribution in [3.63, 3.8) is 0 Å². The molecule has 9 heteroatoms. The smallest absolute Gasteiger partial charge is 0.265 e. The maximum Gasteiger partial charge on any atom is 0.265 e. The lowest BCUT2D eigenvalue weighted by Crippen LogP contribution is -2.47. The number of aromatic nitrogens is 7. The largest absolute Gasteiger partial charge is 0.353 e. The van der Waals surface area contributed by atoms with Gasteiger partial charge >= 0.3 is 0 Å². The zero-order chi connectivity index (χ0) is 14.8. The van der Waals surface area contributed by atoms with Crippen LogP contribution in [0.3, 0.4) is 0 Å². The number of hydrogen-bond acceptors (Lipinski definition) is 7. The second kappa shape index (κ2) is 5.43. The van der Waals surface area contributed by atoms with Crippen molar-refractivity contribution >= 4 is 11.8 Å². The van der Waals surface area contributed by atoms with Gasteiger partial charge in [0.2, 0.25) is 0 Å². The van der Waals surface area contributed by atoms with E-state index in [-0.39, 0.29) is 0 Å². The molecule has 0 aliphatic carbocycles. The minimum absolute atomic E-state index is 0.653. The van der Waals surface area contributed by atoms with E-state index in [9.17, 15) is 0 Å². The van der Waals surface area contributed by atoms with E-state index < -0.39 is 0 Å². The van der Waals surface area contributed by atoms with E-state index in [0.717, 1.165) is 37.8 Å². The molecule has 3 aromatic rings. The summed E-state index contributed by atoms with van der Waals surface area (Å²) in [5.41, 5.74) is 0. The molecule has 112 valence electrons. The zero-order valence-electron chi connectivity index (χ0n) is 11.9. The molecule has 0 aromatic carbocycles. The Hall–Kier alpha value is -2.97. The van der Waals surface area contributed by atoms with E-state index in [4.69, 9.17) is 4.98 Å². The van der Waals surface area contributed by atoms with Crippen molar-refractivity contribution in [2.75, 3.05) is 36.0 Å². The van der Waals surface area contributed by atoms with Crippen molar-refractivity contribution in [2.24, 2.45) is 0 Å². The quantitative estimate of drug-likeness (QED) is 0.733. The first-order valence-electron chi connectivity index (χ1n) is 7.09. The van der Waals surface area contributed by atoms with E-state index >= 15 is 0 Å². The number of nitrogens with one attached hydrogen (secondary N) is 1. The number of imidazole rings is 1.